The molecule has 0 aliphatic rings. The molecule has 0 saturated heterocycles. The Balaban J connectivity index is 2.47. The lowest BCUT2D eigenvalue weighted by molar-refractivity contribution is -0.142. The normalized spacial score (nSPS) is 12.1. The van der Waals surface area contributed by atoms with Crippen molar-refractivity contribution in [2.75, 3.05) is 6.61 Å². The third-order valence-electron chi connectivity index (χ3n) is 1.93. The van der Waals surface area contributed by atoms with Gasteiger partial charge >= 0.3 is 5.97 Å². The third kappa shape index (κ3) is 4.14. The average Bonchev–Trinajstić information content (AvgIpc) is 2.29. The lowest BCUT2D eigenvalue weighted by Gasteiger charge is -2.10. The lowest BCUT2D eigenvalue weighted by atomic mass is 10.3. The fourth-order valence-corrected chi connectivity index (χ4v) is 1.96. The minimum absolute atomic E-state index is 0.195. The standard InChI is InChI=1S/C12H16O3S/c1-3-8-15-12(14)9(2)16-11-6-4-10(13)5-7-11/h4-7,9,13H,3,8H2,1-2H3/t9-/m1/s1. The molecular formula is C12H16O3S. The van der Waals surface area contributed by atoms with E-state index in [-0.39, 0.29) is 17.0 Å². The molecule has 0 bridgehead atoms. The van der Waals surface area contributed by atoms with E-state index in [1.165, 1.54) is 11.8 Å². The molecule has 4 heteroatoms. The summed E-state index contributed by atoms with van der Waals surface area (Å²) in [5.41, 5.74) is 0. The van der Waals surface area contributed by atoms with Crippen LogP contribution in [0.4, 0.5) is 0 Å². The summed E-state index contributed by atoms with van der Waals surface area (Å²) >= 11 is 1.43. The minimum Gasteiger partial charge on any atom is -0.508 e. The molecule has 0 amide bonds. The maximum absolute atomic E-state index is 11.5. The predicted molar refractivity (Wildman–Crippen MR) is 64.7 cm³/mol. The van der Waals surface area contributed by atoms with Gasteiger partial charge in [0.25, 0.3) is 0 Å². The molecule has 0 fully saturated rings. The number of thioether (sulfide) groups is 1. The lowest BCUT2D eigenvalue weighted by Crippen LogP contribution is -2.17. The van der Waals surface area contributed by atoms with E-state index in [1.54, 1.807) is 24.3 Å². The van der Waals surface area contributed by atoms with Gasteiger partial charge in [-0.05, 0) is 37.6 Å². The molecule has 16 heavy (non-hydrogen) atoms. The van der Waals surface area contributed by atoms with Crippen molar-refractivity contribution in [1.29, 1.82) is 0 Å². The van der Waals surface area contributed by atoms with E-state index in [9.17, 15) is 4.79 Å². The highest BCUT2D eigenvalue weighted by Crippen LogP contribution is 2.25. The summed E-state index contributed by atoms with van der Waals surface area (Å²) in [5.74, 6) is 0.0329. The third-order valence-corrected chi connectivity index (χ3v) is 3.02. The summed E-state index contributed by atoms with van der Waals surface area (Å²) < 4.78 is 5.04. The first kappa shape index (κ1) is 12.9. The molecule has 0 spiro atoms. The van der Waals surface area contributed by atoms with E-state index >= 15 is 0 Å². The summed E-state index contributed by atoms with van der Waals surface area (Å²) in [7, 11) is 0. The Bertz CT molecular complexity index is 335. The highest BCUT2D eigenvalue weighted by atomic mass is 32.2. The molecule has 0 radical (unpaired) electrons. The molecule has 0 aromatic heterocycles. The molecule has 0 aliphatic heterocycles. The summed E-state index contributed by atoms with van der Waals surface area (Å²) in [6.07, 6.45) is 0.836. The van der Waals surface area contributed by atoms with Crippen LogP contribution in [0.1, 0.15) is 20.3 Å². The zero-order valence-electron chi connectivity index (χ0n) is 9.47. The second kappa shape index (κ2) is 6.43. The van der Waals surface area contributed by atoms with E-state index in [1.807, 2.05) is 13.8 Å². The van der Waals surface area contributed by atoms with Crippen molar-refractivity contribution in [2.45, 2.75) is 30.4 Å². The number of benzene rings is 1. The first-order valence-electron chi connectivity index (χ1n) is 5.25. The Morgan fingerprint density at radius 3 is 2.62 bits per heavy atom. The van der Waals surface area contributed by atoms with Gasteiger partial charge in [-0.25, -0.2) is 0 Å². The van der Waals surface area contributed by atoms with Gasteiger partial charge in [0.05, 0.1) is 6.61 Å². The SMILES string of the molecule is CCCOC(=O)[C@@H](C)Sc1ccc(O)cc1. The van der Waals surface area contributed by atoms with Crippen LogP contribution in [0, 0.1) is 0 Å². The zero-order chi connectivity index (χ0) is 12.0. The number of phenols is 1. The number of hydrogen-bond acceptors (Lipinski definition) is 4. The van der Waals surface area contributed by atoms with Gasteiger partial charge in [0.2, 0.25) is 0 Å². The molecule has 3 nitrogen and oxygen atoms in total. The van der Waals surface area contributed by atoms with Gasteiger partial charge in [-0.3, -0.25) is 4.79 Å². The van der Waals surface area contributed by atoms with Gasteiger partial charge < -0.3 is 9.84 Å². The molecule has 88 valence electrons. The number of carbonyl (C=O) groups is 1. The summed E-state index contributed by atoms with van der Waals surface area (Å²) in [6, 6.07) is 6.77. The monoisotopic (exact) mass is 240 g/mol. The number of ether oxygens (including phenoxy) is 1. The molecule has 1 aromatic carbocycles. The number of aromatic hydroxyl groups is 1. The van der Waals surface area contributed by atoms with Gasteiger partial charge in [-0.2, -0.15) is 0 Å². The van der Waals surface area contributed by atoms with Crippen LogP contribution in [0.15, 0.2) is 29.2 Å². The van der Waals surface area contributed by atoms with Crippen molar-refractivity contribution >= 4 is 17.7 Å². The van der Waals surface area contributed by atoms with Crippen LogP contribution in [0.5, 0.6) is 5.75 Å². The number of esters is 1. The molecule has 1 rings (SSSR count). The van der Waals surface area contributed by atoms with Crippen LogP contribution in [-0.2, 0) is 9.53 Å². The Hall–Kier alpha value is -1.16. The Morgan fingerprint density at radius 1 is 1.44 bits per heavy atom. The van der Waals surface area contributed by atoms with Crippen LogP contribution in [0.3, 0.4) is 0 Å². The van der Waals surface area contributed by atoms with Crippen molar-refractivity contribution in [3.8, 4) is 5.75 Å². The summed E-state index contributed by atoms with van der Waals surface area (Å²) in [4.78, 5) is 12.4. The van der Waals surface area contributed by atoms with Crippen LogP contribution in [0.25, 0.3) is 0 Å². The maximum atomic E-state index is 11.5. The second-order valence-electron chi connectivity index (χ2n) is 3.42. The van der Waals surface area contributed by atoms with E-state index in [4.69, 9.17) is 9.84 Å². The smallest absolute Gasteiger partial charge is 0.319 e. The van der Waals surface area contributed by atoms with Gasteiger partial charge in [-0.15, -0.1) is 11.8 Å². The Labute approximate surface area is 99.8 Å². The molecular weight excluding hydrogens is 224 g/mol. The van der Waals surface area contributed by atoms with Crippen molar-refractivity contribution in [3.05, 3.63) is 24.3 Å². The number of phenolic OH excluding ortho intramolecular Hbond substituents is 1. The molecule has 1 atom stereocenters. The molecule has 0 unspecified atom stereocenters. The first-order chi connectivity index (χ1) is 7.63. The number of rotatable bonds is 5. The number of carbonyl (C=O) groups excluding carboxylic acids is 1. The van der Waals surface area contributed by atoms with Crippen molar-refractivity contribution in [3.63, 3.8) is 0 Å². The van der Waals surface area contributed by atoms with Crippen molar-refractivity contribution < 1.29 is 14.6 Å². The first-order valence-corrected chi connectivity index (χ1v) is 6.13. The van der Waals surface area contributed by atoms with Gasteiger partial charge in [0, 0.05) is 4.90 Å². The van der Waals surface area contributed by atoms with Crippen molar-refractivity contribution in [2.24, 2.45) is 0 Å². The van der Waals surface area contributed by atoms with Crippen LogP contribution in [0.2, 0.25) is 0 Å². The molecule has 0 heterocycles. The minimum atomic E-state index is -0.226. The average molecular weight is 240 g/mol. The fourth-order valence-electron chi connectivity index (χ4n) is 1.10. The van der Waals surface area contributed by atoms with Crippen LogP contribution < -0.4 is 0 Å². The molecule has 0 saturated carbocycles. The van der Waals surface area contributed by atoms with Gasteiger partial charge in [0.15, 0.2) is 0 Å². The largest absolute Gasteiger partial charge is 0.508 e. The van der Waals surface area contributed by atoms with Crippen molar-refractivity contribution in [1.82, 2.24) is 0 Å². The van der Waals surface area contributed by atoms with E-state index < -0.39 is 0 Å². The molecule has 0 aliphatic carbocycles. The molecule has 1 aromatic rings. The Kier molecular flexibility index (Phi) is 5.19. The van der Waals surface area contributed by atoms with E-state index in [2.05, 4.69) is 0 Å². The Morgan fingerprint density at radius 2 is 2.06 bits per heavy atom. The highest BCUT2D eigenvalue weighted by molar-refractivity contribution is 8.00. The zero-order valence-corrected chi connectivity index (χ0v) is 10.3. The highest BCUT2D eigenvalue weighted by Gasteiger charge is 2.15. The fraction of sp³-hybridized carbons (Fsp3) is 0.417. The van der Waals surface area contributed by atoms with Crippen LogP contribution in [-0.4, -0.2) is 22.9 Å². The van der Waals surface area contributed by atoms with Gasteiger partial charge in [0.1, 0.15) is 11.0 Å². The maximum Gasteiger partial charge on any atom is 0.319 e. The van der Waals surface area contributed by atoms with Crippen LogP contribution >= 0.6 is 11.8 Å². The molecule has 1 N–H and O–H groups in total. The van der Waals surface area contributed by atoms with Gasteiger partial charge in [-0.1, -0.05) is 6.92 Å². The topological polar surface area (TPSA) is 46.5 Å². The second-order valence-corrected chi connectivity index (χ2v) is 4.84. The van der Waals surface area contributed by atoms with E-state index in [0.29, 0.717) is 6.61 Å². The number of hydrogen-bond donors (Lipinski definition) is 1. The summed E-state index contributed by atoms with van der Waals surface area (Å²) in [6.45, 7) is 4.25. The van der Waals surface area contributed by atoms with E-state index in [0.717, 1.165) is 11.3 Å². The predicted octanol–water partition coefficient (Wildman–Crippen LogP) is 2.83. The quantitative estimate of drug-likeness (QED) is 0.635. The summed E-state index contributed by atoms with van der Waals surface area (Å²) in [5, 5.41) is 8.89.